The zero-order valence-corrected chi connectivity index (χ0v) is 15.5. The molecular weight excluding hydrogens is 358 g/mol. The van der Waals surface area contributed by atoms with Crippen molar-refractivity contribution >= 4 is 33.6 Å². The number of fused-ring (bicyclic) bond motifs is 2. The van der Waals surface area contributed by atoms with Crippen molar-refractivity contribution in [1.29, 1.82) is 0 Å². The molecule has 7 nitrogen and oxygen atoms in total. The lowest BCUT2D eigenvalue weighted by atomic mass is 10.1. The zero-order valence-electron chi connectivity index (χ0n) is 15.5. The lowest BCUT2D eigenvalue weighted by Gasteiger charge is -2.07. The number of aryl methyl sites for hydroxylation is 2. The number of methoxy groups -OCH3 is 1. The maximum Gasteiger partial charge on any atom is 0.251 e. The molecule has 0 saturated heterocycles. The van der Waals surface area contributed by atoms with E-state index in [0.717, 1.165) is 5.39 Å². The van der Waals surface area contributed by atoms with Gasteiger partial charge >= 0.3 is 0 Å². The second kappa shape index (κ2) is 7.19. The molecular formula is C21H19N3O4. The Morgan fingerprint density at radius 3 is 2.93 bits per heavy atom. The van der Waals surface area contributed by atoms with Gasteiger partial charge in [0, 0.05) is 25.0 Å². The van der Waals surface area contributed by atoms with Gasteiger partial charge in [-0.25, -0.2) is 4.98 Å². The van der Waals surface area contributed by atoms with Crippen LogP contribution in [-0.4, -0.2) is 23.0 Å². The van der Waals surface area contributed by atoms with Crippen LogP contribution in [0.15, 0.2) is 51.7 Å². The number of nitrogens with one attached hydrogen (secondary N) is 2. The van der Waals surface area contributed by atoms with Gasteiger partial charge in [-0.1, -0.05) is 6.07 Å². The minimum Gasteiger partial charge on any atom is -0.497 e. The number of benzene rings is 2. The molecule has 2 heterocycles. The molecule has 0 atom stereocenters. The number of hydrogen-bond acceptors (Lipinski definition) is 5. The molecule has 0 radical (unpaired) electrons. The van der Waals surface area contributed by atoms with Crippen LogP contribution in [0.25, 0.3) is 22.0 Å². The van der Waals surface area contributed by atoms with E-state index in [1.807, 2.05) is 24.3 Å². The van der Waals surface area contributed by atoms with Gasteiger partial charge in [-0.3, -0.25) is 9.59 Å². The number of para-hydroxylation sites is 1. The van der Waals surface area contributed by atoms with Gasteiger partial charge in [-0.15, -0.1) is 0 Å². The highest BCUT2D eigenvalue weighted by Gasteiger charge is 2.12. The Balaban J connectivity index is 1.50. The Morgan fingerprint density at radius 1 is 1.25 bits per heavy atom. The van der Waals surface area contributed by atoms with Gasteiger partial charge in [0.05, 0.1) is 18.3 Å². The number of aromatic amines is 1. The van der Waals surface area contributed by atoms with Crippen LogP contribution in [0.3, 0.4) is 0 Å². The van der Waals surface area contributed by atoms with Gasteiger partial charge in [0.2, 0.25) is 5.91 Å². The van der Waals surface area contributed by atoms with Gasteiger partial charge in [0.1, 0.15) is 11.3 Å². The highest BCUT2D eigenvalue weighted by molar-refractivity contribution is 5.98. The van der Waals surface area contributed by atoms with Crippen LogP contribution in [0.5, 0.6) is 5.75 Å². The van der Waals surface area contributed by atoms with E-state index in [9.17, 15) is 9.59 Å². The largest absolute Gasteiger partial charge is 0.497 e. The number of anilines is 1. The lowest BCUT2D eigenvalue weighted by Crippen LogP contribution is -2.17. The molecule has 2 N–H and O–H groups in total. The molecule has 0 aliphatic heterocycles. The number of rotatable bonds is 5. The summed E-state index contributed by atoms with van der Waals surface area (Å²) in [5, 5.41) is 3.73. The van der Waals surface area contributed by atoms with Crippen molar-refractivity contribution in [2.45, 2.75) is 19.8 Å². The number of nitrogens with zero attached hydrogens (tertiary/aromatic N) is 1. The Labute approximate surface area is 160 Å². The van der Waals surface area contributed by atoms with Crippen LogP contribution in [0.1, 0.15) is 17.9 Å². The molecule has 2 aromatic carbocycles. The molecule has 0 aliphatic rings. The Kier molecular flexibility index (Phi) is 4.57. The summed E-state index contributed by atoms with van der Waals surface area (Å²) in [4.78, 5) is 31.8. The van der Waals surface area contributed by atoms with Crippen molar-refractivity contribution in [3.05, 3.63) is 64.3 Å². The number of carbonyl (C=O) groups excluding carboxylic acids is 1. The van der Waals surface area contributed by atoms with Crippen LogP contribution in [0, 0.1) is 6.92 Å². The average Bonchev–Trinajstić information content (AvgIpc) is 3.07. The molecule has 0 aliphatic carbocycles. The summed E-state index contributed by atoms with van der Waals surface area (Å²) in [6.45, 7) is 1.76. The SMILES string of the molecule is COc1ccc2cc(CCC(=O)Nc3cccc4nc(C)oc34)c(=O)[nH]c2c1. The first-order valence-electron chi connectivity index (χ1n) is 8.89. The third kappa shape index (κ3) is 3.46. The van der Waals surface area contributed by atoms with E-state index in [1.54, 1.807) is 32.2 Å². The van der Waals surface area contributed by atoms with Crippen LogP contribution < -0.4 is 15.6 Å². The molecule has 1 amide bonds. The maximum absolute atomic E-state index is 12.4. The first kappa shape index (κ1) is 17.8. The summed E-state index contributed by atoms with van der Waals surface area (Å²) in [5.41, 5.74) is 2.86. The van der Waals surface area contributed by atoms with E-state index in [4.69, 9.17) is 9.15 Å². The molecule has 28 heavy (non-hydrogen) atoms. The zero-order chi connectivity index (χ0) is 19.7. The summed E-state index contributed by atoms with van der Waals surface area (Å²) < 4.78 is 10.7. The predicted molar refractivity (Wildman–Crippen MR) is 107 cm³/mol. The highest BCUT2D eigenvalue weighted by Crippen LogP contribution is 2.24. The number of pyridine rings is 1. The van der Waals surface area contributed by atoms with E-state index < -0.39 is 0 Å². The van der Waals surface area contributed by atoms with Crippen molar-refractivity contribution < 1.29 is 13.9 Å². The number of carbonyl (C=O) groups is 1. The van der Waals surface area contributed by atoms with Gasteiger partial charge < -0.3 is 19.5 Å². The molecule has 7 heteroatoms. The first-order chi connectivity index (χ1) is 13.5. The second-order valence-corrected chi connectivity index (χ2v) is 6.51. The fourth-order valence-corrected chi connectivity index (χ4v) is 3.16. The number of amides is 1. The fraction of sp³-hybridized carbons (Fsp3) is 0.190. The standard InChI is InChI=1S/C21H19N3O4/c1-12-22-16-4-3-5-17(20(16)28-12)23-19(25)9-7-14-10-13-6-8-15(27-2)11-18(13)24-21(14)26/h3-6,8,10-11H,7,9H2,1-2H3,(H,23,25)(H,24,26). The fourth-order valence-electron chi connectivity index (χ4n) is 3.16. The third-order valence-electron chi connectivity index (χ3n) is 4.55. The lowest BCUT2D eigenvalue weighted by molar-refractivity contribution is -0.116. The monoisotopic (exact) mass is 377 g/mol. The van der Waals surface area contributed by atoms with Gasteiger partial charge in [-0.05, 0) is 42.1 Å². The van der Waals surface area contributed by atoms with Crippen molar-refractivity contribution in [1.82, 2.24) is 9.97 Å². The van der Waals surface area contributed by atoms with E-state index in [1.165, 1.54) is 0 Å². The Hall–Kier alpha value is -3.61. The minimum atomic E-state index is -0.207. The number of oxazole rings is 1. The van der Waals surface area contributed by atoms with E-state index in [-0.39, 0.29) is 17.9 Å². The minimum absolute atomic E-state index is 0.175. The van der Waals surface area contributed by atoms with Crippen LogP contribution in [0.2, 0.25) is 0 Å². The summed E-state index contributed by atoms with van der Waals surface area (Å²) in [5.74, 6) is 1.01. The average molecular weight is 377 g/mol. The van der Waals surface area contributed by atoms with Gasteiger partial charge in [-0.2, -0.15) is 0 Å². The van der Waals surface area contributed by atoms with Crippen molar-refractivity contribution in [2.75, 3.05) is 12.4 Å². The quantitative estimate of drug-likeness (QED) is 0.554. The smallest absolute Gasteiger partial charge is 0.251 e. The molecule has 0 fully saturated rings. The first-order valence-corrected chi connectivity index (χ1v) is 8.89. The molecule has 4 rings (SSSR count). The highest BCUT2D eigenvalue weighted by atomic mass is 16.5. The molecule has 0 bridgehead atoms. The van der Waals surface area contributed by atoms with E-state index >= 15 is 0 Å². The van der Waals surface area contributed by atoms with Crippen LogP contribution >= 0.6 is 0 Å². The third-order valence-corrected chi connectivity index (χ3v) is 4.55. The number of hydrogen-bond donors (Lipinski definition) is 2. The number of aromatic nitrogens is 2. The topological polar surface area (TPSA) is 97.2 Å². The van der Waals surface area contributed by atoms with Crippen LogP contribution in [0.4, 0.5) is 5.69 Å². The molecule has 4 aromatic rings. The molecule has 0 spiro atoms. The van der Waals surface area contributed by atoms with Gasteiger partial charge in [0.25, 0.3) is 5.56 Å². The van der Waals surface area contributed by atoms with Crippen molar-refractivity contribution in [2.24, 2.45) is 0 Å². The molecule has 2 aromatic heterocycles. The summed E-state index contributed by atoms with van der Waals surface area (Å²) >= 11 is 0. The number of H-pyrrole nitrogens is 1. The summed E-state index contributed by atoms with van der Waals surface area (Å²) in [6.07, 6.45) is 0.503. The Bertz CT molecular complexity index is 1240. The molecule has 0 saturated carbocycles. The normalized spacial score (nSPS) is 11.1. The maximum atomic E-state index is 12.4. The second-order valence-electron chi connectivity index (χ2n) is 6.51. The van der Waals surface area contributed by atoms with E-state index in [2.05, 4.69) is 15.3 Å². The number of ether oxygens (including phenoxy) is 1. The van der Waals surface area contributed by atoms with Crippen molar-refractivity contribution in [3.63, 3.8) is 0 Å². The summed E-state index contributed by atoms with van der Waals surface area (Å²) in [6, 6.07) is 12.7. The van der Waals surface area contributed by atoms with E-state index in [0.29, 0.717) is 45.9 Å². The Morgan fingerprint density at radius 2 is 2.11 bits per heavy atom. The molecule has 0 unspecified atom stereocenters. The predicted octanol–water partition coefficient (Wildman–Crippen LogP) is 3.56. The summed E-state index contributed by atoms with van der Waals surface area (Å²) in [7, 11) is 1.58. The van der Waals surface area contributed by atoms with Crippen LogP contribution in [-0.2, 0) is 11.2 Å². The van der Waals surface area contributed by atoms with Crippen molar-refractivity contribution in [3.8, 4) is 5.75 Å². The van der Waals surface area contributed by atoms with Gasteiger partial charge in [0.15, 0.2) is 11.5 Å². The molecule has 142 valence electrons.